The van der Waals surface area contributed by atoms with Crippen LogP contribution in [0.25, 0.3) is 23.0 Å². The van der Waals surface area contributed by atoms with Gasteiger partial charge in [0.15, 0.2) is 11.3 Å². The molecule has 1 aromatic carbocycles. The molecule has 5 rings (SSSR count). The number of hydrogen-bond donors (Lipinski definition) is 0. The van der Waals surface area contributed by atoms with Gasteiger partial charge in [0, 0.05) is 17.5 Å². The summed E-state index contributed by atoms with van der Waals surface area (Å²) >= 11 is 7.78. The summed E-state index contributed by atoms with van der Waals surface area (Å²) < 4.78 is 18.3. The van der Waals surface area contributed by atoms with Gasteiger partial charge in [-0.25, -0.2) is 4.98 Å². The number of aryl methyl sites for hydroxylation is 1. The summed E-state index contributed by atoms with van der Waals surface area (Å²) in [5.41, 5.74) is 4.14. The zero-order valence-electron chi connectivity index (χ0n) is 16.5. The van der Waals surface area contributed by atoms with Crippen LogP contribution in [0.5, 0.6) is 0 Å². The van der Waals surface area contributed by atoms with Gasteiger partial charge in [-0.3, -0.25) is 7.75 Å². The molecule has 4 heterocycles. The molecule has 1 saturated heterocycles. The Kier molecular flexibility index (Phi) is 5.51. The Morgan fingerprint density at radius 1 is 1.19 bits per heavy atom. The average Bonchev–Trinajstić information content (AvgIpc) is 3.37. The van der Waals surface area contributed by atoms with E-state index in [1.54, 1.807) is 12.3 Å². The van der Waals surface area contributed by atoms with Crippen LogP contribution in [-0.4, -0.2) is 38.1 Å². The van der Waals surface area contributed by atoms with Crippen molar-refractivity contribution < 1.29 is 12.3 Å². The molecule has 0 saturated carbocycles. The highest BCUT2D eigenvalue weighted by atomic mass is 127. The number of benzene rings is 1. The zero-order chi connectivity index (χ0) is 21.4. The van der Waals surface area contributed by atoms with Crippen molar-refractivity contribution in [3.05, 3.63) is 70.6 Å². The van der Waals surface area contributed by atoms with Crippen molar-refractivity contribution in [2.24, 2.45) is 0 Å². The van der Waals surface area contributed by atoms with Gasteiger partial charge in [-0.15, -0.1) is 0 Å². The summed E-state index contributed by atoms with van der Waals surface area (Å²) in [6, 6.07) is 13.5. The number of nitrogens with zero attached hydrogens (tertiary/aromatic N) is 5. The summed E-state index contributed by atoms with van der Waals surface area (Å²) in [7, 11) is 0. The molecule has 0 atom stereocenters. The predicted molar refractivity (Wildman–Crippen MR) is 122 cm³/mol. The number of halogens is 2. The molecule has 0 aliphatic carbocycles. The maximum absolute atomic E-state index is 5.86. The van der Waals surface area contributed by atoms with E-state index in [9.17, 15) is 0 Å². The lowest BCUT2D eigenvalue weighted by atomic mass is 9.91. The summed E-state index contributed by atoms with van der Waals surface area (Å²) in [6.07, 6.45) is 1.74. The highest BCUT2D eigenvalue weighted by Gasteiger charge is 2.41. The summed E-state index contributed by atoms with van der Waals surface area (Å²) in [6.45, 7) is 3.65. The summed E-state index contributed by atoms with van der Waals surface area (Å²) in [5, 5.41) is 9.20. The number of hydrogen-bond acceptors (Lipinski definition) is 7. The second-order valence-electron chi connectivity index (χ2n) is 7.38. The maximum Gasteiger partial charge on any atom is 0.278 e. The highest BCUT2D eigenvalue weighted by Crippen LogP contribution is 2.36. The van der Waals surface area contributed by atoms with E-state index in [0.29, 0.717) is 42.3 Å². The molecule has 158 valence electrons. The van der Waals surface area contributed by atoms with Gasteiger partial charge >= 0.3 is 0 Å². The van der Waals surface area contributed by atoms with Gasteiger partial charge in [0.05, 0.1) is 19.8 Å². The van der Waals surface area contributed by atoms with Crippen molar-refractivity contribution in [1.29, 1.82) is 0 Å². The first-order valence-corrected chi connectivity index (χ1v) is 10.8. The molecular formula is C21H17ClIN5O3. The summed E-state index contributed by atoms with van der Waals surface area (Å²) in [5.74, 6) is 0.875. The monoisotopic (exact) mass is 549 g/mol. The fraction of sp³-hybridized carbons (Fsp3) is 0.238. The molecule has 1 aliphatic rings. The van der Waals surface area contributed by atoms with E-state index in [2.05, 4.69) is 20.2 Å². The van der Waals surface area contributed by atoms with Gasteiger partial charge in [-0.05, 0) is 30.2 Å². The number of ether oxygens (including phenoxy) is 1. The molecule has 3 aromatic heterocycles. The second kappa shape index (κ2) is 8.30. The Balaban J connectivity index is 1.35. The molecule has 10 heteroatoms. The van der Waals surface area contributed by atoms with Gasteiger partial charge in [-0.2, -0.15) is 10.1 Å². The molecular weight excluding hydrogens is 533 g/mol. The van der Waals surface area contributed by atoms with Gasteiger partial charge < -0.3 is 9.26 Å². The first kappa shape index (κ1) is 20.6. The van der Waals surface area contributed by atoms with Crippen LogP contribution in [-0.2, 0) is 19.9 Å². The quantitative estimate of drug-likeness (QED) is 0.257. The lowest BCUT2D eigenvalue weighted by molar-refractivity contribution is -0.149. The van der Waals surface area contributed by atoms with Gasteiger partial charge in [0.2, 0.25) is 5.82 Å². The van der Waals surface area contributed by atoms with E-state index in [1.807, 2.05) is 71.0 Å². The first-order chi connectivity index (χ1) is 15.1. The number of aromatic nitrogens is 5. The maximum atomic E-state index is 5.86. The predicted octanol–water partition coefficient (Wildman–Crippen LogP) is 4.60. The Morgan fingerprint density at radius 3 is 2.65 bits per heavy atom. The zero-order valence-corrected chi connectivity index (χ0v) is 19.4. The standard InChI is InChI=1S/C21H17ClIN5O3/c1-13-8-17(26-28(13)10-14-2-7-18(22)24-9-14)20-25-19(27-30-20)15-3-5-16(6-4-15)21(31-23)11-29-12-21/h2-9H,10-12H2,1H3. The second-order valence-corrected chi connectivity index (χ2v) is 8.21. The minimum Gasteiger partial charge on any atom is -0.374 e. The smallest absolute Gasteiger partial charge is 0.278 e. The molecule has 1 fully saturated rings. The Bertz CT molecular complexity index is 1200. The van der Waals surface area contributed by atoms with Gasteiger partial charge in [0.1, 0.15) is 28.2 Å². The fourth-order valence-electron chi connectivity index (χ4n) is 3.36. The molecule has 0 N–H and O–H groups in total. The van der Waals surface area contributed by atoms with E-state index in [0.717, 1.165) is 22.4 Å². The molecule has 1 aliphatic heterocycles. The molecule has 0 amide bonds. The lowest BCUT2D eigenvalue weighted by Gasteiger charge is -2.39. The van der Waals surface area contributed by atoms with Crippen molar-refractivity contribution in [2.75, 3.05) is 13.2 Å². The van der Waals surface area contributed by atoms with E-state index in [1.165, 1.54) is 0 Å². The van der Waals surface area contributed by atoms with Crippen LogP contribution in [0.15, 0.2) is 53.2 Å². The molecule has 8 nitrogen and oxygen atoms in total. The largest absolute Gasteiger partial charge is 0.374 e. The average molecular weight is 550 g/mol. The van der Waals surface area contributed by atoms with Crippen LogP contribution in [0, 0.1) is 6.92 Å². The van der Waals surface area contributed by atoms with Crippen molar-refractivity contribution in [2.45, 2.75) is 19.1 Å². The van der Waals surface area contributed by atoms with Gasteiger partial charge in [-0.1, -0.05) is 47.1 Å². The Morgan fingerprint density at radius 2 is 2.00 bits per heavy atom. The third-order valence-electron chi connectivity index (χ3n) is 5.23. The lowest BCUT2D eigenvalue weighted by Crippen LogP contribution is -2.47. The number of pyridine rings is 1. The molecule has 0 spiro atoms. The van der Waals surface area contributed by atoms with E-state index < -0.39 is 0 Å². The van der Waals surface area contributed by atoms with Crippen LogP contribution in [0.3, 0.4) is 0 Å². The molecule has 0 unspecified atom stereocenters. The van der Waals surface area contributed by atoms with Crippen LogP contribution >= 0.6 is 34.6 Å². The van der Waals surface area contributed by atoms with Crippen LogP contribution < -0.4 is 0 Å². The van der Waals surface area contributed by atoms with E-state index >= 15 is 0 Å². The van der Waals surface area contributed by atoms with Crippen molar-refractivity contribution >= 4 is 34.6 Å². The SMILES string of the molecule is Cc1cc(-c2nc(-c3ccc(C4(OI)COC4)cc3)no2)nn1Cc1ccc(Cl)nc1. The highest BCUT2D eigenvalue weighted by molar-refractivity contribution is 14.1. The minimum atomic E-state index is -0.370. The van der Waals surface area contributed by atoms with Crippen molar-refractivity contribution in [3.63, 3.8) is 0 Å². The molecule has 31 heavy (non-hydrogen) atoms. The molecule has 0 radical (unpaired) electrons. The van der Waals surface area contributed by atoms with E-state index in [-0.39, 0.29) is 5.60 Å². The van der Waals surface area contributed by atoms with Crippen LogP contribution in [0.2, 0.25) is 5.15 Å². The normalized spacial score (nSPS) is 15.1. The van der Waals surface area contributed by atoms with E-state index in [4.69, 9.17) is 23.9 Å². The fourth-order valence-corrected chi connectivity index (χ4v) is 3.98. The topological polar surface area (TPSA) is 88.1 Å². The Labute approximate surface area is 197 Å². The van der Waals surface area contributed by atoms with Crippen LogP contribution in [0.1, 0.15) is 16.8 Å². The molecule has 4 aromatic rings. The van der Waals surface area contributed by atoms with Crippen molar-refractivity contribution in [3.8, 4) is 23.0 Å². The summed E-state index contributed by atoms with van der Waals surface area (Å²) in [4.78, 5) is 8.64. The molecule has 0 bridgehead atoms. The van der Waals surface area contributed by atoms with Gasteiger partial charge in [0.25, 0.3) is 5.89 Å². The van der Waals surface area contributed by atoms with Crippen LogP contribution in [0.4, 0.5) is 0 Å². The van der Waals surface area contributed by atoms with Crippen molar-refractivity contribution in [1.82, 2.24) is 24.9 Å². The third-order valence-corrected chi connectivity index (χ3v) is 6.30. The third kappa shape index (κ3) is 3.98. The number of rotatable bonds is 6. The first-order valence-electron chi connectivity index (χ1n) is 9.54. The minimum absolute atomic E-state index is 0.370. The Hall–Kier alpha value is -2.34.